The number of halogens is 4. The van der Waals surface area contributed by atoms with E-state index in [0.29, 0.717) is 25.3 Å². The second kappa shape index (κ2) is 12.9. The minimum absolute atomic E-state index is 0.0315. The van der Waals surface area contributed by atoms with Crippen LogP contribution in [0.1, 0.15) is 43.7 Å². The zero-order chi connectivity index (χ0) is 27.0. The van der Waals surface area contributed by atoms with Gasteiger partial charge in [0.25, 0.3) is 0 Å². The van der Waals surface area contributed by atoms with Crippen molar-refractivity contribution in [3.63, 3.8) is 0 Å². The van der Waals surface area contributed by atoms with Gasteiger partial charge in [-0.15, -0.1) is 13.2 Å². The van der Waals surface area contributed by atoms with Crippen molar-refractivity contribution in [1.82, 2.24) is 10.2 Å². The molecule has 1 aliphatic heterocycles. The number of ether oxygens (including phenoxy) is 2. The van der Waals surface area contributed by atoms with Gasteiger partial charge in [-0.3, -0.25) is 9.79 Å². The fourth-order valence-electron chi connectivity index (χ4n) is 4.81. The maximum Gasteiger partial charge on any atom is 0.573 e. The highest BCUT2D eigenvalue weighted by Gasteiger charge is 2.33. The van der Waals surface area contributed by atoms with Gasteiger partial charge in [-0.25, -0.2) is 4.99 Å². The molecule has 0 amide bonds. The molecule has 1 aromatic rings. The van der Waals surface area contributed by atoms with E-state index >= 15 is 4.39 Å². The number of aliphatic imine (C=N–C) groups is 2. The monoisotopic (exact) mass is 528 g/mol. The summed E-state index contributed by atoms with van der Waals surface area (Å²) in [6, 6.07) is 4.87. The van der Waals surface area contributed by atoms with E-state index in [0.717, 1.165) is 25.7 Å². The number of morpholine rings is 1. The number of nitrogens with zero attached hydrogens (tertiary/aromatic N) is 3. The zero-order valence-electron chi connectivity index (χ0n) is 20.6. The predicted molar refractivity (Wildman–Crippen MR) is 130 cm³/mol. The average Bonchev–Trinajstić information content (AvgIpc) is 2.85. The van der Waals surface area contributed by atoms with Gasteiger partial charge >= 0.3 is 12.3 Å². The first kappa shape index (κ1) is 28.4. The first-order valence-electron chi connectivity index (χ1n) is 12.1. The SMILES string of the molecule is C=N/C(NCC1CCC(CC(=O)O)CC1)=C(F)\C(=N/C)N1CCOCC1c1ccc(OC(F)(F)F)cc1. The second-order valence-corrected chi connectivity index (χ2v) is 9.13. The maximum atomic E-state index is 15.7. The van der Waals surface area contributed by atoms with Crippen molar-refractivity contribution in [1.29, 1.82) is 0 Å². The van der Waals surface area contributed by atoms with Crippen molar-refractivity contribution in [3.05, 3.63) is 41.5 Å². The number of hydrogen-bond acceptors (Lipinski definition) is 6. The topological polar surface area (TPSA) is 95.8 Å². The number of carboxylic acids is 1. The zero-order valence-corrected chi connectivity index (χ0v) is 20.6. The minimum Gasteiger partial charge on any atom is -0.481 e. The van der Waals surface area contributed by atoms with Gasteiger partial charge in [0.05, 0.1) is 19.3 Å². The largest absolute Gasteiger partial charge is 0.573 e. The van der Waals surface area contributed by atoms with Crippen molar-refractivity contribution in [2.45, 2.75) is 44.5 Å². The van der Waals surface area contributed by atoms with Gasteiger partial charge in [0.15, 0.2) is 11.7 Å². The second-order valence-electron chi connectivity index (χ2n) is 9.13. The molecule has 0 radical (unpaired) electrons. The summed E-state index contributed by atoms with van der Waals surface area (Å²) in [6.07, 6.45) is -1.33. The predicted octanol–water partition coefficient (Wildman–Crippen LogP) is 4.70. The Morgan fingerprint density at radius 3 is 2.43 bits per heavy atom. The van der Waals surface area contributed by atoms with Crippen LogP contribution in [-0.4, -0.2) is 68.2 Å². The Morgan fingerprint density at radius 1 is 1.22 bits per heavy atom. The quantitative estimate of drug-likeness (QED) is 0.274. The lowest BCUT2D eigenvalue weighted by atomic mass is 9.80. The van der Waals surface area contributed by atoms with E-state index in [1.807, 2.05) is 0 Å². The summed E-state index contributed by atoms with van der Waals surface area (Å²) in [7, 11) is 1.45. The minimum atomic E-state index is -4.80. The number of rotatable bonds is 9. The molecule has 3 rings (SSSR count). The summed E-state index contributed by atoms with van der Waals surface area (Å²) in [5.74, 6) is -1.43. The van der Waals surface area contributed by atoms with Crippen LogP contribution in [0.25, 0.3) is 0 Å². The van der Waals surface area contributed by atoms with Crippen molar-refractivity contribution < 1.29 is 36.9 Å². The number of carbonyl (C=O) groups is 1. The lowest BCUT2D eigenvalue weighted by Crippen LogP contribution is -2.44. The average molecular weight is 529 g/mol. The summed E-state index contributed by atoms with van der Waals surface area (Å²) in [4.78, 5) is 20.6. The standard InChI is InChI=1S/C25H32F4N4O4/c1-30-23(32-14-17-5-3-16(4-6-17)13-21(34)35)22(26)24(31-2)33-11-12-36-15-20(33)18-7-9-19(10-8-18)37-25(27,28)29/h7-10,16-17,20,32H,1,3-6,11-15H2,2H3,(H,34,35)/b23-22-,31-24+. The van der Waals surface area contributed by atoms with Crippen LogP contribution in [0.15, 0.2) is 45.9 Å². The van der Waals surface area contributed by atoms with Crippen molar-refractivity contribution in [3.8, 4) is 5.75 Å². The molecule has 1 heterocycles. The van der Waals surface area contributed by atoms with Gasteiger partial charge in [-0.2, -0.15) is 4.39 Å². The molecule has 1 unspecified atom stereocenters. The third-order valence-corrected chi connectivity index (χ3v) is 6.66. The van der Waals surface area contributed by atoms with Gasteiger partial charge in [-0.1, -0.05) is 12.1 Å². The summed E-state index contributed by atoms with van der Waals surface area (Å²) >= 11 is 0. The Bertz CT molecular complexity index is 989. The number of nitrogens with one attached hydrogen (secondary N) is 1. The third-order valence-electron chi connectivity index (χ3n) is 6.66. The molecule has 2 fully saturated rings. The summed E-state index contributed by atoms with van der Waals surface area (Å²) < 4.78 is 62.7. The van der Waals surface area contributed by atoms with Gasteiger partial charge in [0.1, 0.15) is 5.75 Å². The van der Waals surface area contributed by atoms with E-state index in [2.05, 4.69) is 26.8 Å². The molecule has 1 saturated carbocycles. The molecule has 0 bridgehead atoms. The Labute approximate surface area is 213 Å². The fourth-order valence-corrected chi connectivity index (χ4v) is 4.81. The van der Waals surface area contributed by atoms with Crippen molar-refractivity contribution >= 4 is 18.5 Å². The molecular weight excluding hydrogens is 496 g/mol. The van der Waals surface area contributed by atoms with Crippen LogP contribution in [0.5, 0.6) is 5.75 Å². The van der Waals surface area contributed by atoms with E-state index < -0.39 is 24.2 Å². The summed E-state index contributed by atoms with van der Waals surface area (Å²) in [6.45, 7) is 4.77. The lowest BCUT2D eigenvalue weighted by Gasteiger charge is -2.37. The van der Waals surface area contributed by atoms with Crippen molar-refractivity contribution in [2.75, 3.05) is 33.4 Å². The Kier molecular flexibility index (Phi) is 9.90. The van der Waals surface area contributed by atoms with Crippen LogP contribution in [0, 0.1) is 11.8 Å². The van der Waals surface area contributed by atoms with E-state index in [9.17, 15) is 18.0 Å². The van der Waals surface area contributed by atoms with Gasteiger partial charge in [0.2, 0.25) is 5.83 Å². The number of hydrogen-bond donors (Lipinski definition) is 2. The van der Waals surface area contributed by atoms with Crippen LogP contribution in [-0.2, 0) is 9.53 Å². The molecule has 12 heteroatoms. The molecule has 0 aromatic heterocycles. The van der Waals surface area contributed by atoms with Crippen LogP contribution in [0.4, 0.5) is 17.6 Å². The number of aliphatic carboxylic acids is 1. The number of carboxylic acid groups (broad SMARTS) is 1. The maximum absolute atomic E-state index is 15.7. The van der Waals surface area contributed by atoms with Crippen LogP contribution in [0.2, 0.25) is 0 Å². The highest BCUT2D eigenvalue weighted by atomic mass is 19.4. The Morgan fingerprint density at radius 2 is 1.86 bits per heavy atom. The summed E-state index contributed by atoms with van der Waals surface area (Å²) in [5, 5.41) is 12.0. The van der Waals surface area contributed by atoms with Gasteiger partial charge < -0.3 is 24.8 Å². The molecule has 0 spiro atoms. The first-order chi connectivity index (χ1) is 17.6. The van der Waals surface area contributed by atoms with Gasteiger partial charge in [0, 0.05) is 26.6 Å². The highest BCUT2D eigenvalue weighted by molar-refractivity contribution is 5.97. The number of benzene rings is 1. The van der Waals surface area contributed by atoms with Crippen LogP contribution >= 0.6 is 0 Å². The molecule has 2 N–H and O–H groups in total. The third kappa shape index (κ3) is 8.17. The van der Waals surface area contributed by atoms with E-state index in [4.69, 9.17) is 9.84 Å². The molecular formula is C25H32F4N4O4. The van der Waals surface area contributed by atoms with Crippen molar-refractivity contribution in [2.24, 2.45) is 21.8 Å². The Balaban J connectivity index is 1.70. The molecule has 37 heavy (non-hydrogen) atoms. The molecule has 1 atom stereocenters. The smallest absolute Gasteiger partial charge is 0.481 e. The van der Waals surface area contributed by atoms with E-state index in [1.54, 1.807) is 4.90 Å². The lowest BCUT2D eigenvalue weighted by molar-refractivity contribution is -0.274. The first-order valence-corrected chi connectivity index (χ1v) is 12.1. The van der Waals surface area contributed by atoms with Gasteiger partial charge in [-0.05, 0) is 61.9 Å². The molecule has 1 aliphatic carbocycles. The Hall–Kier alpha value is -3.15. The molecule has 2 aliphatic rings. The molecule has 204 valence electrons. The van der Waals surface area contributed by atoms with E-state index in [1.165, 1.54) is 31.3 Å². The van der Waals surface area contributed by atoms with E-state index in [-0.39, 0.29) is 42.3 Å². The number of amidine groups is 1. The molecule has 8 nitrogen and oxygen atoms in total. The normalized spacial score (nSPS) is 23.8. The fraction of sp³-hybridized carbons (Fsp3) is 0.560. The molecule has 1 saturated heterocycles. The van der Waals surface area contributed by atoms with Crippen LogP contribution < -0.4 is 10.1 Å². The molecule has 1 aromatic carbocycles. The van der Waals surface area contributed by atoms with Crippen LogP contribution in [0.3, 0.4) is 0 Å². The number of alkyl halides is 3. The summed E-state index contributed by atoms with van der Waals surface area (Å²) in [5.41, 5.74) is 0.613. The highest BCUT2D eigenvalue weighted by Crippen LogP contribution is 2.32.